The van der Waals surface area contributed by atoms with Gasteiger partial charge in [0.2, 0.25) is 10.0 Å². The van der Waals surface area contributed by atoms with E-state index >= 15 is 0 Å². The van der Waals surface area contributed by atoms with Gasteiger partial charge in [-0.05, 0) is 37.0 Å². The van der Waals surface area contributed by atoms with E-state index in [9.17, 15) is 13.2 Å². The van der Waals surface area contributed by atoms with Gasteiger partial charge in [0, 0.05) is 0 Å². The van der Waals surface area contributed by atoms with Crippen molar-refractivity contribution < 1.29 is 23.1 Å². The molecule has 6 nitrogen and oxygen atoms in total. The number of carbonyl (C=O) groups is 1. The van der Waals surface area contributed by atoms with Crippen LogP contribution >= 0.6 is 0 Å². The number of nitrogens with one attached hydrogen (secondary N) is 1. The Morgan fingerprint density at radius 2 is 2.16 bits per heavy atom. The maximum Gasteiger partial charge on any atom is 0.335 e. The quantitative estimate of drug-likeness (QED) is 0.827. The molecule has 0 bridgehead atoms. The molecular formula is C12H15NO5S. The van der Waals surface area contributed by atoms with Crippen molar-refractivity contribution in [2.24, 2.45) is 5.92 Å². The third-order valence-corrected chi connectivity index (χ3v) is 3.28. The molecule has 0 heterocycles. The molecule has 1 aromatic rings. The second-order valence-corrected chi connectivity index (χ2v) is 6.39. The SMILES string of the molecule is CS(=O)(=O)Nc1cc(C(=O)O)ccc1OCC1CC1. The second-order valence-electron chi connectivity index (χ2n) is 4.64. The molecule has 1 fully saturated rings. The van der Waals surface area contributed by atoms with E-state index in [0.29, 0.717) is 18.3 Å². The number of hydrogen-bond donors (Lipinski definition) is 2. The van der Waals surface area contributed by atoms with Gasteiger partial charge in [0.1, 0.15) is 5.75 Å². The van der Waals surface area contributed by atoms with Crippen molar-refractivity contribution in [2.75, 3.05) is 17.6 Å². The summed E-state index contributed by atoms with van der Waals surface area (Å²) in [5, 5.41) is 8.91. The van der Waals surface area contributed by atoms with Gasteiger partial charge in [0.25, 0.3) is 0 Å². The number of ether oxygens (including phenoxy) is 1. The Morgan fingerprint density at radius 3 is 2.68 bits per heavy atom. The van der Waals surface area contributed by atoms with E-state index in [4.69, 9.17) is 9.84 Å². The topological polar surface area (TPSA) is 92.7 Å². The lowest BCUT2D eigenvalue weighted by molar-refractivity contribution is 0.0697. The molecule has 0 aliphatic heterocycles. The summed E-state index contributed by atoms with van der Waals surface area (Å²) in [5.74, 6) is -0.252. The highest BCUT2D eigenvalue weighted by molar-refractivity contribution is 7.92. The van der Waals surface area contributed by atoms with Gasteiger partial charge in [-0.15, -0.1) is 0 Å². The number of hydrogen-bond acceptors (Lipinski definition) is 4. The third kappa shape index (κ3) is 4.13. The van der Waals surface area contributed by atoms with Crippen LogP contribution in [-0.4, -0.2) is 32.4 Å². The van der Waals surface area contributed by atoms with Crippen molar-refractivity contribution in [3.8, 4) is 5.75 Å². The Morgan fingerprint density at radius 1 is 1.47 bits per heavy atom. The van der Waals surface area contributed by atoms with Crippen molar-refractivity contribution in [3.05, 3.63) is 23.8 Å². The predicted molar refractivity (Wildman–Crippen MR) is 70.1 cm³/mol. The normalized spacial score (nSPS) is 15.0. The summed E-state index contributed by atoms with van der Waals surface area (Å²) in [5.41, 5.74) is 0.160. The Labute approximate surface area is 111 Å². The van der Waals surface area contributed by atoms with Crippen molar-refractivity contribution in [1.82, 2.24) is 0 Å². The van der Waals surface area contributed by atoms with Gasteiger partial charge in [-0.25, -0.2) is 13.2 Å². The number of benzene rings is 1. The molecule has 0 saturated heterocycles. The van der Waals surface area contributed by atoms with Crippen LogP contribution in [0.2, 0.25) is 0 Å². The molecule has 0 aromatic heterocycles. The van der Waals surface area contributed by atoms with E-state index in [1.54, 1.807) is 0 Å². The highest BCUT2D eigenvalue weighted by Crippen LogP contribution is 2.32. The maximum absolute atomic E-state index is 11.3. The van der Waals surface area contributed by atoms with E-state index in [0.717, 1.165) is 19.1 Å². The Bertz CT molecular complexity index is 592. The van der Waals surface area contributed by atoms with Crippen LogP contribution in [0, 0.1) is 5.92 Å². The van der Waals surface area contributed by atoms with Crippen molar-refractivity contribution in [2.45, 2.75) is 12.8 Å². The lowest BCUT2D eigenvalue weighted by Crippen LogP contribution is -2.12. The van der Waals surface area contributed by atoms with Gasteiger partial charge in [-0.2, -0.15) is 0 Å². The molecule has 0 atom stereocenters. The molecule has 104 valence electrons. The molecule has 0 radical (unpaired) electrons. The summed E-state index contributed by atoms with van der Waals surface area (Å²) in [6.07, 6.45) is 3.23. The largest absolute Gasteiger partial charge is 0.491 e. The first-order valence-electron chi connectivity index (χ1n) is 5.83. The molecule has 1 aromatic carbocycles. The fraction of sp³-hybridized carbons (Fsp3) is 0.417. The van der Waals surface area contributed by atoms with Crippen molar-refractivity contribution in [3.63, 3.8) is 0 Å². The minimum atomic E-state index is -3.49. The lowest BCUT2D eigenvalue weighted by atomic mass is 10.2. The molecule has 7 heteroatoms. The van der Waals surface area contributed by atoms with Crippen LogP contribution < -0.4 is 9.46 Å². The zero-order valence-electron chi connectivity index (χ0n) is 10.4. The first-order chi connectivity index (χ1) is 8.85. The minimum Gasteiger partial charge on any atom is -0.491 e. The molecule has 2 N–H and O–H groups in total. The molecule has 2 rings (SSSR count). The summed E-state index contributed by atoms with van der Waals surface area (Å²) < 4.78 is 30.3. The number of sulfonamides is 1. The van der Waals surface area contributed by atoms with E-state index in [1.807, 2.05) is 0 Å². The number of anilines is 1. The van der Waals surface area contributed by atoms with E-state index in [2.05, 4.69) is 4.72 Å². The van der Waals surface area contributed by atoms with Crippen LogP contribution in [0.15, 0.2) is 18.2 Å². The summed E-state index contributed by atoms with van der Waals surface area (Å²) in [6, 6.07) is 4.11. The van der Waals surface area contributed by atoms with Gasteiger partial charge in [-0.1, -0.05) is 0 Å². The summed E-state index contributed by atoms with van der Waals surface area (Å²) >= 11 is 0. The molecule has 1 aliphatic carbocycles. The van der Waals surface area contributed by atoms with E-state index in [-0.39, 0.29) is 11.3 Å². The number of carboxylic acids is 1. The first-order valence-corrected chi connectivity index (χ1v) is 7.72. The molecule has 19 heavy (non-hydrogen) atoms. The first kappa shape index (κ1) is 13.7. The minimum absolute atomic E-state index is 0.00456. The van der Waals surface area contributed by atoms with E-state index < -0.39 is 16.0 Å². The Kier molecular flexibility index (Phi) is 3.66. The molecule has 0 amide bonds. The number of rotatable bonds is 6. The fourth-order valence-electron chi connectivity index (χ4n) is 1.56. The molecule has 0 unspecified atom stereocenters. The van der Waals surface area contributed by atoms with Gasteiger partial charge in [-0.3, -0.25) is 4.72 Å². The highest BCUT2D eigenvalue weighted by atomic mass is 32.2. The zero-order chi connectivity index (χ0) is 14.0. The zero-order valence-corrected chi connectivity index (χ0v) is 11.2. The van der Waals surface area contributed by atoms with Gasteiger partial charge >= 0.3 is 5.97 Å². The summed E-state index contributed by atoms with van der Waals surface area (Å²) in [4.78, 5) is 10.9. The Balaban J connectivity index is 2.25. The van der Waals surface area contributed by atoms with Crippen LogP contribution in [-0.2, 0) is 10.0 Å². The average Bonchev–Trinajstić information content (AvgIpc) is 3.08. The lowest BCUT2D eigenvalue weighted by Gasteiger charge is -2.12. The van der Waals surface area contributed by atoms with Crippen molar-refractivity contribution in [1.29, 1.82) is 0 Å². The summed E-state index contributed by atoms with van der Waals surface area (Å²) in [6.45, 7) is 0.519. The van der Waals surface area contributed by atoms with Gasteiger partial charge < -0.3 is 9.84 Å². The number of aromatic carboxylic acids is 1. The fourth-order valence-corrected chi connectivity index (χ4v) is 2.12. The van der Waals surface area contributed by atoms with Crippen molar-refractivity contribution >= 4 is 21.7 Å². The molecule has 0 spiro atoms. The standard InChI is InChI=1S/C12H15NO5S/c1-19(16,17)13-10-6-9(12(14)15)4-5-11(10)18-7-8-2-3-8/h4-6,8,13H,2-3,7H2,1H3,(H,14,15). The van der Waals surface area contributed by atoms with Crippen LogP contribution in [0.5, 0.6) is 5.75 Å². The summed E-state index contributed by atoms with van der Waals surface area (Å²) in [7, 11) is -3.49. The highest BCUT2D eigenvalue weighted by Gasteiger charge is 2.23. The van der Waals surface area contributed by atoms with Crippen LogP contribution in [0.25, 0.3) is 0 Å². The number of carboxylic acid groups (broad SMARTS) is 1. The van der Waals surface area contributed by atoms with Crippen LogP contribution in [0.1, 0.15) is 23.2 Å². The molecular weight excluding hydrogens is 270 g/mol. The monoisotopic (exact) mass is 285 g/mol. The van der Waals surface area contributed by atoms with Crippen LogP contribution in [0.4, 0.5) is 5.69 Å². The van der Waals surface area contributed by atoms with Crippen LogP contribution in [0.3, 0.4) is 0 Å². The van der Waals surface area contributed by atoms with Gasteiger partial charge in [0.05, 0.1) is 24.1 Å². The third-order valence-electron chi connectivity index (χ3n) is 2.69. The molecule has 1 saturated carbocycles. The maximum atomic E-state index is 11.3. The van der Waals surface area contributed by atoms with E-state index in [1.165, 1.54) is 18.2 Å². The second kappa shape index (κ2) is 5.08. The average molecular weight is 285 g/mol. The Hall–Kier alpha value is -1.76. The predicted octanol–water partition coefficient (Wildman–Crippen LogP) is 1.55. The smallest absolute Gasteiger partial charge is 0.335 e. The van der Waals surface area contributed by atoms with Gasteiger partial charge in [0.15, 0.2) is 0 Å². The molecule has 1 aliphatic rings.